The Labute approximate surface area is 214 Å². The second-order valence-electron chi connectivity index (χ2n) is 8.43. The minimum Gasteiger partial charge on any atom is -0.348 e. The van der Waals surface area contributed by atoms with E-state index in [2.05, 4.69) is 38.1 Å². The number of halogens is 3. The van der Waals surface area contributed by atoms with Crippen molar-refractivity contribution >= 4 is 44.6 Å². The average Bonchev–Trinajstić information content (AvgIpc) is 3.24. The smallest absolute Gasteiger partial charge is 0.267 e. The fourth-order valence-corrected chi connectivity index (χ4v) is 4.36. The molecule has 0 aliphatic carbocycles. The van der Waals surface area contributed by atoms with Crippen LogP contribution in [-0.4, -0.2) is 53.2 Å². The Balaban J connectivity index is 1.61. The summed E-state index contributed by atoms with van der Waals surface area (Å²) in [5.74, 6) is -4.26. The van der Waals surface area contributed by atoms with Crippen molar-refractivity contribution in [2.75, 3.05) is 19.6 Å². The first-order chi connectivity index (χ1) is 17.2. The van der Waals surface area contributed by atoms with Crippen LogP contribution in [0.2, 0.25) is 0 Å². The van der Waals surface area contributed by atoms with Gasteiger partial charge in [-0.1, -0.05) is 46.8 Å². The van der Waals surface area contributed by atoms with Gasteiger partial charge in [-0.3, -0.25) is 19.4 Å². The number of benzene rings is 2. The van der Waals surface area contributed by atoms with Crippen molar-refractivity contribution in [3.63, 3.8) is 0 Å². The van der Waals surface area contributed by atoms with E-state index >= 15 is 0 Å². The van der Waals surface area contributed by atoms with E-state index < -0.39 is 30.8 Å². The Morgan fingerprint density at radius 1 is 1.14 bits per heavy atom. The van der Waals surface area contributed by atoms with Gasteiger partial charge in [-0.25, -0.2) is 8.78 Å². The fourth-order valence-electron chi connectivity index (χ4n) is 4.00. The zero-order chi connectivity index (χ0) is 25.9. The molecule has 3 aromatic rings. The van der Waals surface area contributed by atoms with E-state index in [-0.39, 0.29) is 18.9 Å². The summed E-state index contributed by atoms with van der Waals surface area (Å²) in [6.07, 6.45) is 2.40. The molecule has 2 N–H and O–H groups in total. The zero-order valence-corrected chi connectivity index (χ0v) is 20.8. The Morgan fingerprint density at radius 3 is 2.56 bits per heavy atom. The highest BCUT2D eigenvalue weighted by Crippen LogP contribution is 2.31. The van der Waals surface area contributed by atoms with E-state index in [4.69, 9.17) is 0 Å². The van der Waals surface area contributed by atoms with Gasteiger partial charge >= 0.3 is 0 Å². The molecular weight excluding hydrogens is 534 g/mol. The maximum atomic E-state index is 13.5. The Hall–Kier alpha value is -3.66. The third-order valence-electron chi connectivity index (χ3n) is 5.90. The van der Waals surface area contributed by atoms with Crippen molar-refractivity contribution in [1.82, 2.24) is 20.5 Å². The number of amides is 3. The van der Waals surface area contributed by atoms with Crippen LogP contribution in [0.25, 0.3) is 22.0 Å². The summed E-state index contributed by atoms with van der Waals surface area (Å²) in [7, 11) is 0. The number of rotatable bonds is 7. The number of likely N-dealkylation sites (tertiary alicyclic amines) is 1. The van der Waals surface area contributed by atoms with Gasteiger partial charge in [-0.05, 0) is 35.4 Å². The van der Waals surface area contributed by atoms with Crippen LogP contribution in [0.3, 0.4) is 0 Å². The Morgan fingerprint density at radius 2 is 1.89 bits per heavy atom. The summed E-state index contributed by atoms with van der Waals surface area (Å²) in [5, 5.41) is 5.87. The molecule has 0 radical (unpaired) electrons. The van der Waals surface area contributed by atoms with Crippen molar-refractivity contribution in [2.24, 2.45) is 0 Å². The van der Waals surface area contributed by atoms with Gasteiger partial charge in [0.05, 0.1) is 24.2 Å². The summed E-state index contributed by atoms with van der Waals surface area (Å²) in [6.45, 7) is 2.66. The molecule has 0 atom stereocenters. The Kier molecular flexibility index (Phi) is 7.44. The molecule has 0 unspecified atom stereocenters. The monoisotopic (exact) mass is 556 g/mol. The first-order valence-corrected chi connectivity index (χ1v) is 12.0. The molecule has 0 spiro atoms. The molecule has 7 nitrogen and oxygen atoms in total. The molecule has 2 aromatic carbocycles. The number of pyridine rings is 1. The third-order valence-corrected chi connectivity index (χ3v) is 6.39. The van der Waals surface area contributed by atoms with Crippen LogP contribution in [-0.2, 0) is 16.1 Å². The van der Waals surface area contributed by atoms with Crippen LogP contribution in [0.15, 0.2) is 65.8 Å². The van der Waals surface area contributed by atoms with Crippen LogP contribution in [0, 0.1) is 0 Å². The molecule has 36 heavy (non-hydrogen) atoms. The second-order valence-corrected chi connectivity index (χ2v) is 9.35. The normalized spacial score (nSPS) is 14.5. The maximum Gasteiger partial charge on any atom is 0.267 e. The van der Waals surface area contributed by atoms with E-state index in [1.807, 2.05) is 24.3 Å². The number of alkyl halides is 2. The lowest BCUT2D eigenvalue weighted by Gasteiger charge is -2.17. The second kappa shape index (κ2) is 10.5. The number of carbonyl (C=O) groups excluding carboxylic acids is 3. The van der Waals surface area contributed by atoms with Gasteiger partial charge in [0.25, 0.3) is 11.8 Å². The van der Waals surface area contributed by atoms with Crippen LogP contribution in [0.1, 0.15) is 22.3 Å². The van der Waals surface area contributed by atoms with Crippen molar-refractivity contribution < 1.29 is 23.2 Å². The van der Waals surface area contributed by atoms with Gasteiger partial charge < -0.3 is 15.5 Å². The molecule has 4 rings (SSSR count). The van der Waals surface area contributed by atoms with Crippen LogP contribution >= 0.6 is 15.9 Å². The van der Waals surface area contributed by atoms with Gasteiger partial charge in [-0.2, -0.15) is 0 Å². The predicted octanol–water partition coefficient (Wildman–Crippen LogP) is 4.06. The summed E-state index contributed by atoms with van der Waals surface area (Å²) >= 11 is 3.43. The summed E-state index contributed by atoms with van der Waals surface area (Å²) < 4.78 is 27.7. The van der Waals surface area contributed by atoms with Gasteiger partial charge in [0, 0.05) is 41.1 Å². The van der Waals surface area contributed by atoms with Gasteiger partial charge in [0.2, 0.25) is 11.8 Å². The van der Waals surface area contributed by atoms with Crippen molar-refractivity contribution in [3.05, 3.63) is 76.9 Å². The number of hydrogen-bond acceptors (Lipinski definition) is 4. The molecule has 186 valence electrons. The molecule has 3 amide bonds. The minimum atomic E-state index is -2.90. The highest BCUT2D eigenvalue weighted by Gasteiger charge is 2.40. The molecule has 10 heteroatoms. The molecule has 0 saturated carbocycles. The maximum absolute atomic E-state index is 13.5. The van der Waals surface area contributed by atoms with E-state index in [1.54, 1.807) is 24.4 Å². The SMILES string of the molecule is C=CC(=O)NCc1ccc(-c2cnc3ccc(Br)cc3c2C(=O)NCC(=O)N2CCC(F)(F)C2)cc1. The topological polar surface area (TPSA) is 91.4 Å². The average molecular weight is 557 g/mol. The van der Waals surface area contributed by atoms with Crippen LogP contribution < -0.4 is 10.6 Å². The molecule has 1 fully saturated rings. The summed E-state index contributed by atoms with van der Waals surface area (Å²) in [5.41, 5.74) is 3.00. The van der Waals surface area contributed by atoms with Gasteiger partial charge in [0.15, 0.2) is 0 Å². The standard InChI is InChI=1S/C26H23BrF2N4O3/c1-2-22(34)31-12-16-3-5-17(6-4-16)20-13-30-21-8-7-18(27)11-19(21)24(20)25(36)32-14-23(35)33-10-9-26(28,29)15-33/h2-8,11,13H,1,9-10,12,14-15H2,(H,31,34)(H,32,36). The highest BCUT2D eigenvalue weighted by atomic mass is 79.9. The highest BCUT2D eigenvalue weighted by molar-refractivity contribution is 9.10. The third kappa shape index (κ3) is 5.76. The lowest BCUT2D eigenvalue weighted by molar-refractivity contribution is -0.130. The first-order valence-electron chi connectivity index (χ1n) is 11.2. The Bertz CT molecular complexity index is 1350. The van der Waals surface area contributed by atoms with E-state index in [0.29, 0.717) is 34.1 Å². The lowest BCUT2D eigenvalue weighted by atomic mass is 9.96. The van der Waals surface area contributed by atoms with Gasteiger partial charge in [-0.15, -0.1) is 0 Å². The lowest BCUT2D eigenvalue weighted by Crippen LogP contribution is -2.40. The number of nitrogens with zero attached hydrogens (tertiary/aromatic N) is 2. The minimum absolute atomic E-state index is 0.0440. The predicted molar refractivity (Wildman–Crippen MR) is 135 cm³/mol. The van der Waals surface area contributed by atoms with Crippen molar-refractivity contribution in [2.45, 2.75) is 18.9 Å². The molecule has 1 aliphatic rings. The number of carbonyl (C=O) groups is 3. The quantitative estimate of drug-likeness (QED) is 0.429. The number of nitrogens with one attached hydrogen (secondary N) is 2. The molecule has 1 aliphatic heterocycles. The van der Waals surface area contributed by atoms with Crippen LogP contribution in [0.4, 0.5) is 8.78 Å². The zero-order valence-electron chi connectivity index (χ0n) is 19.2. The van der Waals surface area contributed by atoms with E-state index in [0.717, 1.165) is 14.9 Å². The number of hydrogen-bond donors (Lipinski definition) is 2. The van der Waals surface area contributed by atoms with Crippen molar-refractivity contribution in [1.29, 1.82) is 0 Å². The molecule has 1 saturated heterocycles. The van der Waals surface area contributed by atoms with Crippen LogP contribution in [0.5, 0.6) is 0 Å². The largest absolute Gasteiger partial charge is 0.348 e. The molecular formula is C26H23BrF2N4O3. The molecule has 1 aromatic heterocycles. The fraction of sp³-hybridized carbons (Fsp3) is 0.231. The summed E-state index contributed by atoms with van der Waals surface area (Å²) in [6, 6.07) is 12.6. The number of fused-ring (bicyclic) bond motifs is 1. The molecule has 0 bridgehead atoms. The van der Waals surface area contributed by atoms with E-state index in [1.165, 1.54) is 6.08 Å². The number of aromatic nitrogens is 1. The summed E-state index contributed by atoms with van der Waals surface area (Å²) in [4.78, 5) is 42.8. The van der Waals surface area contributed by atoms with E-state index in [9.17, 15) is 23.2 Å². The van der Waals surface area contributed by atoms with Crippen molar-refractivity contribution in [3.8, 4) is 11.1 Å². The first kappa shape index (κ1) is 25.4. The van der Waals surface area contributed by atoms with Gasteiger partial charge in [0.1, 0.15) is 0 Å². The molecule has 2 heterocycles.